The molecule has 3 rings (SSSR count). The second-order valence-corrected chi connectivity index (χ2v) is 6.63. The van der Waals surface area contributed by atoms with Gasteiger partial charge in [0, 0.05) is 30.0 Å². The summed E-state index contributed by atoms with van der Waals surface area (Å²) in [6, 6.07) is 11.3. The van der Waals surface area contributed by atoms with Gasteiger partial charge in [-0.1, -0.05) is 0 Å². The molecule has 1 aliphatic rings. The largest absolute Gasteiger partial charge is 0.327 e. The van der Waals surface area contributed by atoms with Crippen molar-refractivity contribution in [1.82, 2.24) is 0 Å². The Morgan fingerprint density at radius 2 is 1.46 bits per heavy atom. The maximum Gasteiger partial charge on any atom is 0.279 e. The third-order valence-electron chi connectivity index (χ3n) is 4.73. The number of rotatable bonds is 5. The number of quaternary nitrogens is 1. The summed E-state index contributed by atoms with van der Waals surface area (Å²) in [6.07, 6.45) is 1.41. The van der Waals surface area contributed by atoms with Gasteiger partial charge in [0.15, 0.2) is 12.3 Å². The number of hydrogen-bond acceptors (Lipinski definition) is 2. The van der Waals surface area contributed by atoms with Crippen LogP contribution in [-0.4, -0.2) is 31.3 Å². The first-order valence-electron chi connectivity index (χ1n) is 8.70. The summed E-state index contributed by atoms with van der Waals surface area (Å²) in [5.41, 5.74) is 1.10. The highest BCUT2D eigenvalue weighted by Gasteiger charge is 2.29. The van der Waals surface area contributed by atoms with Crippen LogP contribution >= 0.6 is 0 Å². The van der Waals surface area contributed by atoms with Crippen LogP contribution in [0.1, 0.15) is 23.2 Å². The normalized spacial score (nSPS) is 19.8. The minimum Gasteiger partial charge on any atom is -0.327 e. The summed E-state index contributed by atoms with van der Waals surface area (Å²) >= 11 is 0. The number of carbonyl (C=O) groups is 2. The highest BCUT2D eigenvalue weighted by Crippen LogP contribution is 2.17. The average Bonchev–Trinajstić information content (AvgIpc) is 2.64. The summed E-state index contributed by atoms with van der Waals surface area (Å²) < 4.78 is 25.8. The Bertz CT molecular complexity index is 767. The van der Waals surface area contributed by atoms with Crippen LogP contribution in [0.4, 0.5) is 14.5 Å². The highest BCUT2D eigenvalue weighted by molar-refractivity contribution is 5.97. The number of nitrogens with one attached hydrogen (secondary N) is 2. The SMILES string of the molecule is O=C(C[NH+]1CCC(C(=O)c2ccc(F)cc2)CC1)Nc1ccc(F)cc1. The summed E-state index contributed by atoms with van der Waals surface area (Å²) in [5, 5.41) is 2.75. The maximum atomic E-state index is 13.0. The molecule has 2 aromatic rings. The number of likely N-dealkylation sites (tertiary alicyclic amines) is 1. The number of halogens is 2. The molecule has 0 saturated carbocycles. The third kappa shape index (κ3) is 4.73. The minimum atomic E-state index is -0.354. The number of hydrogen-bond donors (Lipinski definition) is 2. The Morgan fingerprint density at radius 3 is 2.04 bits per heavy atom. The quantitative estimate of drug-likeness (QED) is 0.803. The van der Waals surface area contributed by atoms with E-state index in [1.165, 1.54) is 48.5 Å². The molecule has 4 nitrogen and oxygen atoms in total. The molecule has 1 fully saturated rings. The topological polar surface area (TPSA) is 50.6 Å². The zero-order valence-corrected chi connectivity index (χ0v) is 14.3. The monoisotopic (exact) mass is 359 g/mol. The van der Waals surface area contributed by atoms with Crippen molar-refractivity contribution in [2.75, 3.05) is 25.0 Å². The van der Waals surface area contributed by atoms with E-state index in [0.717, 1.165) is 18.0 Å². The number of amides is 1. The van der Waals surface area contributed by atoms with Crippen molar-refractivity contribution in [1.29, 1.82) is 0 Å². The van der Waals surface area contributed by atoms with Gasteiger partial charge in [0.2, 0.25) is 0 Å². The standard InChI is InChI=1S/C20H20F2N2O2/c21-16-3-1-14(2-4-16)20(26)15-9-11-24(12-10-15)13-19(25)23-18-7-5-17(22)6-8-18/h1-8,15H,9-13H2,(H,23,25)/p+1. The summed E-state index contributed by atoms with van der Waals surface area (Å²) in [4.78, 5) is 25.7. The molecule has 2 aromatic carbocycles. The molecule has 0 atom stereocenters. The van der Waals surface area contributed by atoms with Gasteiger partial charge in [-0.05, 0) is 48.5 Å². The Labute approximate surface area is 150 Å². The van der Waals surface area contributed by atoms with Gasteiger partial charge in [-0.15, -0.1) is 0 Å². The number of Topliss-reactive ketones (excluding diaryl/α,β-unsaturated/α-hetero) is 1. The molecule has 2 N–H and O–H groups in total. The van der Waals surface area contributed by atoms with Crippen molar-refractivity contribution in [3.8, 4) is 0 Å². The molecule has 0 aromatic heterocycles. The average molecular weight is 359 g/mol. The van der Waals surface area contributed by atoms with E-state index in [1.807, 2.05) is 0 Å². The van der Waals surface area contributed by atoms with Crippen LogP contribution in [0, 0.1) is 17.6 Å². The van der Waals surface area contributed by atoms with Crippen molar-refractivity contribution >= 4 is 17.4 Å². The fourth-order valence-electron chi connectivity index (χ4n) is 3.28. The summed E-state index contributed by atoms with van der Waals surface area (Å²) in [5.74, 6) is -0.867. The molecular weight excluding hydrogens is 338 g/mol. The molecule has 1 saturated heterocycles. The van der Waals surface area contributed by atoms with Crippen molar-refractivity contribution in [3.63, 3.8) is 0 Å². The van der Waals surface area contributed by atoms with E-state index in [2.05, 4.69) is 5.32 Å². The van der Waals surface area contributed by atoms with Crippen LogP contribution in [0.3, 0.4) is 0 Å². The predicted octanol–water partition coefficient (Wildman–Crippen LogP) is 2.08. The summed E-state index contributed by atoms with van der Waals surface area (Å²) in [7, 11) is 0. The number of anilines is 1. The van der Waals surface area contributed by atoms with Gasteiger partial charge >= 0.3 is 0 Å². The lowest BCUT2D eigenvalue weighted by molar-refractivity contribution is -0.897. The molecule has 1 amide bonds. The molecule has 0 radical (unpaired) electrons. The van der Waals surface area contributed by atoms with Crippen LogP contribution < -0.4 is 10.2 Å². The number of ketones is 1. The van der Waals surface area contributed by atoms with Crippen LogP contribution in [-0.2, 0) is 4.79 Å². The smallest absolute Gasteiger partial charge is 0.279 e. The Hall–Kier alpha value is -2.60. The van der Waals surface area contributed by atoms with Crippen LogP contribution in [0.2, 0.25) is 0 Å². The Kier molecular flexibility index (Phi) is 5.73. The fraction of sp³-hybridized carbons (Fsp3) is 0.300. The number of carbonyl (C=O) groups excluding carboxylic acids is 2. The summed E-state index contributed by atoms with van der Waals surface area (Å²) in [6.45, 7) is 1.78. The van der Waals surface area contributed by atoms with Gasteiger partial charge in [0.25, 0.3) is 5.91 Å². The van der Waals surface area contributed by atoms with Crippen molar-refractivity contribution in [3.05, 3.63) is 65.7 Å². The van der Waals surface area contributed by atoms with E-state index < -0.39 is 0 Å². The van der Waals surface area contributed by atoms with Gasteiger partial charge in [0.05, 0.1) is 13.1 Å². The first-order chi connectivity index (χ1) is 12.5. The molecular formula is C20H21F2N2O2+. The van der Waals surface area contributed by atoms with Crippen molar-refractivity contribution in [2.24, 2.45) is 5.92 Å². The van der Waals surface area contributed by atoms with Gasteiger partial charge < -0.3 is 10.2 Å². The molecule has 0 aliphatic carbocycles. The molecule has 136 valence electrons. The van der Waals surface area contributed by atoms with Gasteiger partial charge in [-0.25, -0.2) is 8.78 Å². The van der Waals surface area contributed by atoms with Crippen LogP contribution in [0.15, 0.2) is 48.5 Å². The van der Waals surface area contributed by atoms with Gasteiger partial charge in [-0.3, -0.25) is 9.59 Å². The lowest BCUT2D eigenvalue weighted by Gasteiger charge is -2.28. The van der Waals surface area contributed by atoms with Crippen LogP contribution in [0.5, 0.6) is 0 Å². The second kappa shape index (κ2) is 8.19. The maximum absolute atomic E-state index is 13.0. The predicted molar refractivity (Wildman–Crippen MR) is 94.0 cm³/mol. The third-order valence-corrected chi connectivity index (χ3v) is 4.73. The number of piperidine rings is 1. The minimum absolute atomic E-state index is 0.0415. The lowest BCUT2D eigenvalue weighted by atomic mass is 9.89. The molecule has 26 heavy (non-hydrogen) atoms. The van der Waals surface area contributed by atoms with Crippen molar-refractivity contribution in [2.45, 2.75) is 12.8 Å². The zero-order valence-electron chi connectivity index (χ0n) is 14.3. The molecule has 0 bridgehead atoms. The van der Waals surface area contributed by atoms with Crippen molar-refractivity contribution < 1.29 is 23.3 Å². The van der Waals surface area contributed by atoms with E-state index in [4.69, 9.17) is 0 Å². The van der Waals surface area contributed by atoms with Crippen LogP contribution in [0.25, 0.3) is 0 Å². The van der Waals surface area contributed by atoms with Gasteiger partial charge in [0.1, 0.15) is 11.6 Å². The van der Waals surface area contributed by atoms with E-state index in [9.17, 15) is 18.4 Å². The molecule has 1 aliphatic heterocycles. The molecule has 6 heteroatoms. The Balaban J connectivity index is 1.47. The first kappa shape index (κ1) is 18.2. The number of benzene rings is 2. The molecule has 1 heterocycles. The van der Waals surface area contributed by atoms with E-state index >= 15 is 0 Å². The molecule has 0 spiro atoms. The second-order valence-electron chi connectivity index (χ2n) is 6.63. The zero-order chi connectivity index (χ0) is 18.5. The Morgan fingerprint density at radius 1 is 0.923 bits per heavy atom. The lowest BCUT2D eigenvalue weighted by Crippen LogP contribution is -3.14. The molecule has 0 unspecified atom stereocenters. The first-order valence-corrected chi connectivity index (χ1v) is 8.70. The van der Waals surface area contributed by atoms with E-state index in [-0.39, 0.29) is 29.2 Å². The van der Waals surface area contributed by atoms with E-state index in [1.54, 1.807) is 0 Å². The highest BCUT2D eigenvalue weighted by atomic mass is 19.1. The fourth-order valence-corrected chi connectivity index (χ4v) is 3.28. The van der Waals surface area contributed by atoms with Gasteiger partial charge in [-0.2, -0.15) is 0 Å². The van der Waals surface area contributed by atoms with E-state index in [0.29, 0.717) is 30.6 Å².